The highest BCUT2D eigenvalue weighted by atomic mass is 127. The number of amides is 1. The molecule has 0 bridgehead atoms. The van der Waals surface area contributed by atoms with E-state index in [9.17, 15) is 4.79 Å². The number of hydrogen-bond acceptors (Lipinski definition) is 3. The van der Waals surface area contributed by atoms with E-state index >= 15 is 0 Å². The van der Waals surface area contributed by atoms with E-state index in [1.54, 1.807) is 26.4 Å². The maximum absolute atomic E-state index is 12.5. The number of nitrogens with one attached hydrogen (secondary N) is 1. The molecule has 0 spiro atoms. The van der Waals surface area contributed by atoms with Gasteiger partial charge >= 0.3 is 0 Å². The molecule has 0 radical (unpaired) electrons. The van der Waals surface area contributed by atoms with Crippen LogP contribution >= 0.6 is 38.5 Å². The van der Waals surface area contributed by atoms with Crippen LogP contribution in [0.15, 0.2) is 34.8 Å². The first-order valence-electron chi connectivity index (χ1n) is 6.45. The number of carbonyl (C=O) groups excluding carboxylic acids is 1. The van der Waals surface area contributed by atoms with Gasteiger partial charge in [-0.1, -0.05) is 15.9 Å². The molecule has 0 aliphatic carbocycles. The second-order valence-corrected chi connectivity index (χ2v) is 6.62. The van der Waals surface area contributed by atoms with Crippen molar-refractivity contribution in [1.82, 2.24) is 0 Å². The van der Waals surface area contributed by atoms with Gasteiger partial charge in [0, 0.05) is 13.7 Å². The van der Waals surface area contributed by atoms with Gasteiger partial charge in [0.05, 0.1) is 19.8 Å². The van der Waals surface area contributed by atoms with E-state index in [1.165, 1.54) is 0 Å². The summed E-state index contributed by atoms with van der Waals surface area (Å²) in [5, 5.41) is 2.89. The third kappa shape index (κ3) is 3.73. The Balaban J connectivity index is 2.31. The first-order chi connectivity index (χ1) is 10.5. The number of rotatable bonds is 4. The van der Waals surface area contributed by atoms with Crippen LogP contribution in [-0.4, -0.2) is 20.1 Å². The van der Waals surface area contributed by atoms with Crippen molar-refractivity contribution in [2.75, 3.05) is 19.5 Å². The van der Waals surface area contributed by atoms with Crippen molar-refractivity contribution >= 4 is 50.1 Å². The van der Waals surface area contributed by atoms with Crippen molar-refractivity contribution in [2.24, 2.45) is 0 Å². The molecule has 2 rings (SSSR count). The average molecular weight is 476 g/mol. The predicted molar refractivity (Wildman–Crippen MR) is 99.1 cm³/mol. The Morgan fingerprint density at radius 3 is 2.36 bits per heavy atom. The average Bonchev–Trinajstić information content (AvgIpc) is 2.50. The van der Waals surface area contributed by atoms with Crippen molar-refractivity contribution in [3.8, 4) is 11.5 Å². The summed E-state index contributed by atoms with van der Waals surface area (Å²) in [6.07, 6.45) is 0. The lowest BCUT2D eigenvalue weighted by Crippen LogP contribution is -2.14. The van der Waals surface area contributed by atoms with Crippen molar-refractivity contribution in [2.45, 2.75) is 6.92 Å². The molecule has 0 aliphatic rings. The van der Waals surface area contributed by atoms with E-state index in [0.29, 0.717) is 17.1 Å². The van der Waals surface area contributed by atoms with Crippen LogP contribution in [0.4, 0.5) is 5.69 Å². The molecule has 2 aromatic carbocycles. The van der Waals surface area contributed by atoms with Crippen LogP contribution in [0.25, 0.3) is 0 Å². The highest BCUT2D eigenvalue weighted by molar-refractivity contribution is 14.1. The van der Waals surface area contributed by atoms with Crippen LogP contribution in [0.3, 0.4) is 0 Å². The highest BCUT2D eigenvalue weighted by Crippen LogP contribution is 2.31. The molecule has 0 unspecified atom stereocenters. The minimum atomic E-state index is -0.188. The van der Waals surface area contributed by atoms with E-state index in [4.69, 9.17) is 9.47 Å². The fourth-order valence-electron chi connectivity index (χ4n) is 1.95. The molecule has 0 fully saturated rings. The summed E-state index contributed by atoms with van der Waals surface area (Å²) in [6.45, 7) is 1.97. The zero-order valence-electron chi connectivity index (χ0n) is 12.4. The molecule has 0 aromatic heterocycles. The first-order valence-corrected chi connectivity index (χ1v) is 8.32. The molecular formula is C16H15BrINO3. The van der Waals surface area contributed by atoms with Crippen LogP contribution in [-0.2, 0) is 0 Å². The Morgan fingerprint density at radius 2 is 1.77 bits per heavy atom. The molecular weight excluding hydrogens is 461 g/mol. The van der Waals surface area contributed by atoms with E-state index in [1.807, 2.05) is 25.1 Å². The Morgan fingerprint density at radius 1 is 1.14 bits per heavy atom. The number of anilines is 1. The summed E-state index contributed by atoms with van der Waals surface area (Å²) in [6, 6.07) is 9.13. The molecule has 0 aliphatic heterocycles. The minimum absolute atomic E-state index is 0.188. The van der Waals surface area contributed by atoms with Gasteiger partial charge in [0.25, 0.3) is 5.91 Å². The van der Waals surface area contributed by atoms with Gasteiger partial charge in [0.1, 0.15) is 0 Å². The van der Waals surface area contributed by atoms with Crippen molar-refractivity contribution in [3.05, 3.63) is 49.5 Å². The standard InChI is InChI=1S/C16H15BrINO3/c1-9-6-10(4-5-12(9)17)19-16(20)11-7-14(21-2)15(22-3)8-13(11)18/h4-8H,1-3H3,(H,19,20). The summed E-state index contributed by atoms with van der Waals surface area (Å²) < 4.78 is 12.3. The summed E-state index contributed by atoms with van der Waals surface area (Å²) in [5.41, 5.74) is 2.34. The van der Waals surface area contributed by atoms with E-state index in [0.717, 1.165) is 19.3 Å². The molecule has 22 heavy (non-hydrogen) atoms. The fraction of sp³-hybridized carbons (Fsp3) is 0.188. The summed E-state index contributed by atoms with van der Waals surface area (Å²) in [7, 11) is 3.11. The normalized spacial score (nSPS) is 10.2. The molecule has 0 saturated carbocycles. The molecule has 116 valence electrons. The molecule has 4 nitrogen and oxygen atoms in total. The SMILES string of the molecule is COc1cc(I)c(C(=O)Nc2ccc(Br)c(C)c2)cc1OC. The van der Waals surface area contributed by atoms with E-state index < -0.39 is 0 Å². The number of methoxy groups -OCH3 is 2. The second kappa shape index (κ2) is 7.32. The lowest BCUT2D eigenvalue weighted by atomic mass is 10.1. The largest absolute Gasteiger partial charge is 0.493 e. The van der Waals surface area contributed by atoms with Crippen molar-refractivity contribution in [3.63, 3.8) is 0 Å². The van der Waals surface area contributed by atoms with E-state index in [2.05, 4.69) is 43.8 Å². The summed E-state index contributed by atoms with van der Waals surface area (Å²) in [5.74, 6) is 0.940. The van der Waals surface area contributed by atoms with Gasteiger partial charge in [-0.3, -0.25) is 4.79 Å². The lowest BCUT2D eigenvalue weighted by molar-refractivity contribution is 0.102. The van der Waals surface area contributed by atoms with Crippen molar-refractivity contribution in [1.29, 1.82) is 0 Å². The number of benzene rings is 2. The molecule has 0 atom stereocenters. The summed E-state index contributed by atoms with van der Waals surface area (Å²) in [4.78, 5) is 12.5. The zero-order valence-corrected chi connectivity index (χ0v) is 16.1. The number of hydrogen-bond donors (Lipinski definition) is 1. The van der Waals surface area contributed by atoms with Crippen LogP contribution in [0.5, 0.6) is 11.5 Å². The summed E-state index contributed by atoms with van der Waals surface area (Å²) >= 11 is 5.55. The Hall–Kier alpha value is -1.28. The quantitative estimate of drug-likeness (QED) is 0.655. The van der Waals surface area contributed by atoms with Crippen molar-refractivity contribution < 1.29 is 14.3 Å². The lowest BCUT2D eigenvalue weighted by Gasteiger charge is -2.12. The van der Waals surface area contributed by atoms with Gasteiger partial charge in [-0.25, -0.2) is 0 Å². The van der Waals surface area contributed by atoms with Crippen LogP contribution in [0, 0.1) is 10.5 Å². The monoisotopic (exact) mass is 475 g/mol. The molecule has 1 amide bonds. The molecule has 1 N–H and O–H groups in total. The third-order valence-electron chi connectivity index (χ3n) is 3.13. The Kier molecular flexibility index (Phi) is 5.69. The van der Waals surface area contributed by atoms with Gasteiger partial charge in [-0.2, -0.15) is 0 Å². The number of carbonyl (C=O) groups is 1. The van der Waals surface area contributed by atoms with Gasteiger partial charge in [-0.05, 0) is 65.4 Å². The maximum Gasteiger partial charge on any atom is 0.256 e. The topological polar surface area (TPSA) is 47.6 Å². The van der Waals surface area contributed by atoms with Gasteiger partial charge < -0.3 is 14.8 Å². The fourth-order valence-corrected chi connectivity index (χ4v) is 2.88. The smallest absolute Gasteiger partial charge is 0.256 e. The Labute approximate surface area is 151 Å². The van der Waals surface area contributed by atoms with Gasteiger partial charge in [-0.15, -0.1) is 0 Å². The zero-order chi connectivity index (χ0) is 16.3. The van der Waals surface area contributed by atoms with Crippen LogP contribution in [0.2, 0.25) is 0 Å². The first kappa shape index (κ1) is 17.1. The molecule has 6 heteroatoms. The minimum Gasteiger partial charge on any atom is -0.493 e. The van der Waals surface area contributed by atoms with Gasteiger partial charge in [0.2, 0.25) is 0 Å². The predicted octanol–water partition coefficient (Wildman–Crippen LogP) is 4.63. The van der Waals surface area contributed by atoms with Crippen LogP contribution in [0.1, 0.15) is 15.9 Å². The van der Waals surface area contributed by atoms with Gasteiger partial charge in [0.15, 0.2) is 11.5 Å². The highest BCUT2D eigenvalue weighted by Gasteiger charge is 2.15. The number of ether oxygens (including phenoxy) is 2. The Bertz CT molecular complexity index is 719. The van der Waals surface area contributed by atoms with E-state index in [-0.39, 0.29) is 5.91 Å². The number of halogens is 2. The van der Waals surface area contributed by atoms with Crippen LogP contribution < -0.4 is 14.8 Å². The molecule has 0 saturated heterocycles. The maximum atomic E-state index is 12.5. The number of aryl methyl sites for hydroxylation is 1. The molecule has 2 aromatic rings. The second-order valence-electron chi connectivity index (χ2n) is 4.61. The third-order valence-corrected chi connectivity index (χ3v) is 4.92. The molecule has 0 heterocycles.